The number of aromatic nitrogens is 2. The van der Waals surface area contributed by atoms with E-state index in [0.717, 1.165) is 16.5 Å². The van der Waals surface area contributed by atoms with E-state index in [9.17, 15) is 9.59 Å². The first-order valence-corrected chi connectivity index (χ1v) is 8.57. The highest BCUT2D eigenvalue weighted by Crippen LogP contribution is 2.29. The van der Waals surface area contributed by atoms with Gasteiger partial charge in [-0.15, -0.1) is 0 Å². The molecule has 2 aromatic heterocycles. The fraction of sp³-hybridized carbons (Fsp3) is 0. The Bertz CT molecular complexity index is 1190. The highest BCUT2D eigenvalue weighted by Gasteiger charge is 2.19. The van der Waals surface area contributed by atoms with Gasteiger partial charge in [0.2, 0.25) is 0 Å². The first kappa shape index (κ1) is 16.7. The zero-order valence-corrected chi connectivity index (χ0v) is 14.4. The predicted octanol–water partition coefficient (Wildman–Crippen LogP) is 4.49. The molecular weight excluding hydrogens is 336 g/mol. The molecule has 0 aliphatic heterocycles. The fourth-order valence-corrected chi connectivity index (χ4v) is 3.10. The van der Waals surface area contributed by atoms with Gasteiger partial charge in [0.1, 0.15) is 0 Å². The molecule has 4 aromatic rings. The quantitative estimate of drug-likeness (QED) is 0.435. The van der Waals surface area contributed by atoms with Crippen LogP contribution in [0, 0.1) is 0 Å². The number of rotatable bonds is 4. The minimum Gasteiger partial charge on any atom is -0.320 e. The van der Waals surface area contributed by atoms with Crippen LogP contribution < -0.4 is 5.56 Å². The number of pyridine rings is 2. The van der Waals surface area contributed by atoms with Crippen LogP contribution in [0.2, 0.25) is 0 Å². The fourth-order valence-electron chi connectivity index (χ4n) is 3.10. The Morgan fingerprint density at radius 2 is 1.63 bits per heavy atom. The van der Waals surface area contributed by atoms with Crippen molar-refractivity contribution >= 4 is 22.8 Å². The zero-order valence-electron chi connectivity index (χ0n) is 14.4. The highest BCUT2D eigenvalue weighted by atomic mass is 16.1. The molecule has 0 spiro atoms. The minimum atomic E-state index is -0.419. The Morgan fingerprint density at radius 3 is 2.37 bits per heavy atom. The number of fused-ring (bicyclic) bond motifs is 1. The van der Waals surface area contributed by atoms with Crippen LogP contribution in [0.1, 0.15) is 15.9 Å². The van der Waals surface area contributed by atoms with Crippen molar-refractivity contribution in [3.05, 3.63) is 107 Å². The Kier molecular flexibility index (Phi) is 4.45. The number of nitrogens with one attached hydrogen (secondary N) is 1. The normalized spacial score (nSPS) is 11.1. The van der Waals surface area contributed by atoms with Crippen molar-refractivity contribution in [1.82, 2.24) is 9.97 Å². The molecule has 0 saturated carbocycles. The third kappa shape index (κ3) is 3.33. The standard InChI is InChI=1S/C23H16N2O2/c26-20(12-11-16-7-3-1-4-8-16)22-21(17-9-5-2-6-10-17)18-13-14-24-15-19(18)25-23(22)27/h1-15H,(H,25,27)/b12-11+. The van der Waals surface area contributed by atoms with Gasteiger partial charge in [0.15, 0.2) is 5.78 Å². The van der Waals surface area contributed by atoms with Crippen molar-refractivity contribution in [2.75, 3.05) is 0 Å². The summed E-state index contributed by atoms with van der Waals surface area (Å²) in [6.07, 6.45) is 6.41. The monoisotopic (exact) mass is 352 g/mol. The van der Waals surface area contributed by atoms with Crippen molar-refractivity contribution in [1.29, 1.82) is 0 Å². The first-order valence-electron chi connectivity index (χ1n) is 8.57. The number of nitrogens with zero attached hydrogens (tertiary/aromatic N) is 1. The number of carbonyl (C=O) groups excluding carboxylic acids is 1. The molecule has 0 amide bonds. The summed E-state index contributed by atoms with van der Waals surface area (Å²) >= 11 is 0. The number of hydrogen-bond acceptors (Lipinski definition) is 3. The van der Waals surface area contributed by atoms with Crippen molar-refractivity contribution in [2.45, 2.75) is 0 Å². The van der Waals surface area contributed by atoms with E-state index >= 15 is 0 Å². The lowest BCUT2D eigenvalue weighted by molar-refractivity contribution is 0.104. The number of hydrogen-bond donors (Lipinski definition) is 1. The summed E-state index contributed by atoms with van der Waals surface area (Å²) in [5.41, 5.74) is 2.65. The van der Waals surface area contributed by atoms with Gasteiger partial charge in [-0.2, -0.15) is 0 Å². The molecule has 130 valence electrons. The SMILES string of the molecule is O=C(/C=C/c1ccccc1)c1c(-c2ccccc2)c2ccncc2[nH]c1=O. The van der Waals surface area contributed by atoms with Crippen LogP contribution in [0.5, 0.6) is 0 Å². The Labute approximate surface area is 155 Å². The Hall–Kier alpha value is -3.79. The number of ketones is 1. The van der Waals surface area contributed by atoms with Gasteiger partial charge >= 0.3 is 0 Å². The van der Waals surface area contributed by atoms with Crippen LogP contribution in [-0.4, -0.2) is 15.8 Å². The molecule has 27 heavy (non-hydrogen) atoms. The summed E-state index contributed by atoms with van der Waals surface area (Å²) in [5, 5.41) is 0.785. The number of carbonyl (C=O) groups is 1. The van der Waals surface area contributed by atoms with Crippen LogP contribution in [0.3, 0.4) is 0 Å². The molecule has 0 unspecified atom stereocenters. The summed E-state index contributed by atoms with van der Waals surface area (Å²) in [5.74, 6) is -0.335. The molecule has 0 aliphatic rings. The second-order valence-corrected chi connectivity index (χ2v) is 6.10. The van der Waals surface area contributed by atoms with Crippen LogP contribution >= 0.6 is 0 Å². The lowest BCUT2D eigenvalue weighted by Crippen LogP contribution is -2.18. The predicted molar refractivity (Wildman–Crippen MR) is 108 cm³/mol. The maximum Gasteiger partial charge on any atom is 0.260 e. The van der Waals surface area contributed by atoms with Gasteiger partial charge in [-0.05, 0) is 23.3 Å². The molecule has 0 atom stereocenters. The van der Waals surface area contributed by atoms with E-state index < -0.39 is 5.56 Å². The van der Waals surface area contributed by atoms with Gasteiger partial charge < -0.3 is 4.98 Å². The van der Waals surface area contributed by atoms with E-state index in [1.807, 2.05) is 66.7 Å². The smallest absolute Gasteiger partial charge is 0.260 e. The largest absolute Gasteiger partial charge is 0.320 e. The molecule has 0 aliphatic carbocycles. The summed E-state index contributed by atoms with van der Waals surface area (Å²) in [6.45, 7) is 0. The molecule has 0 fully saturated rings. The minimum absolute atomic E-state index is 0.132. The molecule has 2 aromatic carbocycles. The molecule has 1 N–H and O–H groups in total. The molecular formula is C23H16N2O2. The number of aromatic amines is 1. The van der Waals surface area contributed by atoms with Gasteiger partial charge in [-0.25, -0.2) is 0 Å². The Balaban J connectivity index is 1.92. The molecule has 4 rings (SSSR count). The van der Waals surface area contributed by atoms with Crippen LogP contribution in [-0.2, 0) is 0 Å². The number of benzene rings is 2. The molecule has 0 radical (unpaired) electrons. The summed E-state index contributed by atoms with van der Waals surface area (Å²) in [4.78, 5) is 32.5. The third-order valence-electron chi connectivity index (χ3n) is 4.35. The van der Waals surface area contributed by atoms with Crippen LogP contribution in [0.25, 0.3) is 28.1 Å². The number of H-pyrrole nitrogens is 1. The average molecular weight is 352 g/mol. The van der Waals surface area contributed by atoms with Gasteiger partial charge in [0.25, 0.3) is 5.56 Å². The van der Waals surface area contributed by atoms with E-state index in [1.165, 1.54) is 6.08 Å². The van der Waals surface area contributed by atoms with E-state index in [1.54, 1.807) is 18.5 Å². The van der Waals surface area contributed by atoms with E-state index in [0.29, 0.717) is 11.1 Å². The number of allylic oxidation sites excluding steroid dienone is 1. The van der Waals surface area contributed by atoms with Crippen LogP contribution in [0.15, 0.2) is 90.0 Å². The zero-order chi connectivity index (χ0) is 18.6. The molecule has 2 heterocycles. The maximum absolute atomic E-state index is 13.0. The second-order valence-electron chi connectivity index (χ2n) is 6.10. The van der Waals surface area contributed by atoms with Crippen molar-refractivity contribution in [3.8, 4) is 11.1 Å². The third-order valence-corrected chi connectivity index (χ3v) is 4.35. The molecule has 0 bridgehead atoms. The first-order chi connectivity index (χ1) is 13.2. The second kappa shape index (κ2) is 7.22. The van der Waals surface area contributed by atoms with E-state index in [4.69, 9.17) is 0 Å². The van der Waals surface area contributed by atoms with Crippen molar-refractivity contribution in [3.63, 3.8) is 0 Å². The molecule has 4 heteroatoms. The molecule has 0 saturated heterocycles. The summed E-state index contributed by atoms with van der Waals surface area (Å²) < 4.78 is 0. The molecule has 4 nitrogen and oxygen atoms in total. The van der Waals surface area contributed by atoms with Crippen molar-refractivity contribution < 1.29 is 4.79 Å². The van der Waals surface area contributed by atoms with Gasteiger partial charge in [-0.3, -0.25) is 14.6 Å². The van der Waals surface area contributed by atoms with Gasteiger partial charge in [0.05, 0.1) is 17.3 Å². The van der Waals surface area contributed by atoms with E-state index in [-0.39, 0.29) is 11.3 Å². The van der Waals surface area contributed by atoms with Gasteiger partial charge in [0, 0.05) is 17.1 Å². The highest BCUT2D eigenvalue weighted by molar-refractivity contribution is 6.14. The topological polar surface area (TPSA) is 62.8 Å². The summed E-state index contributed by atoms with van der Waals surface area (Å²) in [7, 11) is 0. The Morgan fingerprint density at radius 1 is 0.926 bits per heavy atom. The summed E-state index contributed by atoms with van der Waals surface area (Å²) in [6, 6.07) is 20.8. The van der Waals surface area contributed by atoms with Crippen molar-refractivity contribution in [2.24, 2.45) is 0 Å². The maximum atomic E-state index is 13.0. The lowest BCUT2D eigenvalue weighted by atomic mass is 9.94. The van der Waals surface area contributed by atoms with E-state index in [2.05, 4.69) is 9.97 Å². The van der Waals surface area contributed by atoms with Gasteiger partial charge in [-0.1, -0.05) is 66.7 Å². The lowest BCUT2D eigenvalue weighted by Gasteiger charge is -2.11. The van der Waals surface area contributed by atoms with Crippen LogP contribution in [0.4, 0.5) is 0 Å². The average Bonchev–Trinajstić information content (AvgIpc) is 2.72.